The van der Waals surface area contributed by atoms with Crippen LogP contribution in [0.4, 0.5) is 5.69 Å². The zero-order valence-corrected chi connectivity index (χ0v) is 14.3. The van der Waals surface area contributed by atoms with Gasteiger partial charge in [-0.15, -0.1) is 0 Å². The van der Waals surface area contributed by atoms with E-state index in [1.54, 1.807) is 12.1 Å². The van der Waals surface area contributed by atoms with Crippen LogP contribution in [0.2, 0.25) is 0 Å². The van der Waals surface area contributed by atoms with E-state index in [9.17, 15) is 8.42 Å². The lowest BCUT2D eigenvalue weighted by Crippen LogP contribution is -2.11. The Morgan fingerprint density at radius 1 is 1.04 bits per heavy atom. The molecular formula is C19H21NO3S. The van der Waals surface area contributed by atoms with E-state index >= 15 is 0 Å². The molecule has 0 unspecified atom stereocenters. The predicted octanol–water partition coefficient (Wildman–Crippen LogP) is 3.31. The third-order valence-electron chi connectivity index (χ3n) is 4.69. The summed E-state index contributed by atoms with van der Waals surface area (Å²) >= 11 is 0. The van der Waals surface area contributed by atoms with E-state index in [0.29, 0.717) is 18.0 Å². The average molecular weight is 343 g/mol. The molecular weight excluding hydrogens is 322 g/mol. The third-order valence-corrected chi connectivity index (χ3v) is 6.96. The Balaban J connectivity index is 1.42. The van der Waals surface area contributed by atoms with Crippen molar-refractivity contribution in [1.29, 1.82) is 0 Å². The largest absolute Gasteiger partial charge is 0.381 e. The number of nitrogens with one attached hydrogen (secondary N) is 1. The second-order valence-corrected chi connectivity index (χ2v) is 8.76. The number of hydrogen-bond donors (Lipinski definition) is 1. The normalized spacial score (nSPS) is 17.3. The summed E-state index contributed by atoms with van der Waals surface area (Å²) in [5.74, 6) is 0. The van der Waals surface area contributed by atoms with Crippen molar-refractivity contribution in [1.82, 2.24) is 0 Å². The molecule has 2 aliphatic rings. The Morgan fingerprint density at radius 2 is 1.83 bits per heavy atom. The summed E-state index contributed by atoms with van der Waals surface area (Å²) in [6.07, 6.45) is 2.58. The van der Waals surface area contributed by atoms with Gasteiger partial charge in [0, 0.05) is 12.2 Å². The molecule has 0 saturated heterocycles. The van der Waals surface area contributed by atoms with E-state index < -0.39 is 9.84 Å². The third kappa shape index (κ3) is 3.19. The molecule has 1 fully saturated rings. The topological polar surface area (TPSA) is 55.4 Å². The molecule has 1 heterocycles. The highest BCUT2D eigenvalue weighted by molar-refractivity contribution is 7.92. The van der Waals surface area contributed by atoms with Crippen molar-refractivity contribution in [3.05, 3.63) is 59.2 Å². The van der Waals surface area contributed by atoms with Crippen LogP contribution in [0.25, 0.3) is 0 Å². The molecule has 0 atom stereocenters. The Kier molecular flexibility index (Phi) is 4.06. The first kappa shape index (κ1) is 15.7. The summed E-state index contributed by atoms with van der Waals surface area (Å²) < 4.78 is 29.9. The number of fused-ring (bicyclic) bond motifs is 1. The molecule has 1 aliphatic heterocycles. The van der Waals surface area contributed by atoms with Crippen LogP contribution in [0.3, 0.4) is 0 Å². The van der Waals surface area contributed by atoms with Gasteiger partial charge in [0.2, 0.25) is 0 Å². The van der Waals surface area contributed by atoms with Gasteiger partial charge in [0.15, 0.2) is 9.84 Å². The molecule has 1 saturated carbocycles. The first-order valence-corrected chi connectivity index (χ1v) is 9.94. The number of anilines is 1. The zero-order valence-electron chi connectivity index (χ0n) is 13.5. The van der Waals surface area contributed by atoms with Crippen molar-refractivity contribution in [3.63, 3.8) is 0 Å². The molecule has 1 aliphatic carbocycles. The SMILES string of the molecule is O=S(=O)(c1ccc(NCc2ccc3c(c2)COCC3)cc1)C1CC1. The van der Waals surface area contributed by atoms with Gasteiger partial charge in [0.25, 0.3) is 0 Å². The maximum absolute atomic E-state index is 12.2. The molecule has 2 aromatic rings. The minimum absolute atomic E-state index is 0.158. The molecule has 0 amide bonds. The van der Waals surface area contributed by atoms with Crippen LogP contribution in [-0.2, 0) is 34.1 Å². The molecule has 4 nitrogen and oxygen atoms in total. The summed E-state index contributed by atoms with van der Waals surface area (Å²) in [5.41, 5.74) is 4.78. The Bertz CT molecular complexity index is 839. The molecule has 0 aromatic heterocycles. The Hall–Kier alpha value is -1.85. The molecule has 24 heavy (non-hydrogen) atoms. The van der Waals surface area contributed by atoms with Gasteiger partial charge in [-0.1, -0.05) is 18.2 Å². The minimum atomic E-state index is -3.10. The number of benzene rings is 2. The van der Waals surface area contributed by atoms with Crippen molar-refractivity contribution in [2.24, 2.45) is 0 Å². The lowest BCUT2D eigenvalue weighted by molar-refractivity contribution is 0.110. The first-order chi connectivity index (χ1) is 11.6. The van der Waals surface area contributed by atoms with Gasteiger partial charge in [0.1, 0.15) is 0 Å². The van der Waals surface area contributed by atoms with Crippen molar-refractivity contribution in [2.45, 2.75) is 42.6 Å². The van der Waals surface area contributed by atoms with Crippen LogP contribution in [0.5, 0.6) is 0 Å². The first-order valence-electron chi connectivity index (χ1n) is 8.39. The van der Waals surface area contributed by atoms with Crippen LogP contribution in [0, 0.1) is 0 Å². The quantitative estimate of drug-likeness (QED) is 0.905. The molecule has 0 bridgehead atoms. The van der Waals surface area contributed by atoms with Crippen molar-refractivity contribution in [2.75, 3.05) is 11.9 Å². The molecule has 0 radical (unpaired) electrons. The summed E-state index contributed by atoms with van der Waals surface area (Å²) in [6.45, 7) is 2.21. The van der Waals surface area contributed by atoms with E-state index in [-0.39, 0.29) is 5.25 Å². The lowest BCUT2D eigenvalue weighted by atomic mass is 10.0. The maximum atomic E-state index is 12.2. The molecule has 0 spiro atoms. The van der Waals surface area contributed by atoms with Crippen LogP contribution in [-0.4, -0.2) is 20.3 Å². The second-order valence-electron chi connectivity index (χ2n) is 6.53. The maximum Gasteiger partial charge on any atom is 0.181 e. The lowest BCUT2D eigenvalue weighted by Gasteiger charge is -2.17. The Labute approximate surface area is 142 Å². The van der Waals surface area contributed by atoms with Crippen molar-refractivity contribution < 1.29 is 13.2 Å². The fourth-order valence-electron chi connectivity index (χ4n) is 3.07. The summed E-state index contributed by atoms with van der Waals surface area (Å²) in [4.78, 5) is 0.432. The number of sulfone groups is 1. The van der Waals surface area contributed by atoms with E-state index in [0.717, 1.165) is 31.6 Å². The number of ether oxygens (including phenoxy) is 1. The molecule has 126 valence electrons. The number of hydrogen-bond acceptors (Lipinski definition) is 4. The smallest absolute Gasteiger partial charge is 0.181 e. The highest BCUT2D eigenvalue weighted by atomic mass is 32.2. The summed E-state index contributed by atoms with van der Waals surface area (Å²) in [7, 11) is -3.10. The summed E-state index contributed by atoms with van der Waals surface area (Å²) in [6, 6.07) is 13.6. The highest BCUT2D eigenvalue weighted by Crippen LogP contribution is 2.33. The monoisotopic (exact) mass is 343 g/mol. The van der Waals surface area contributed by atoms with Crippen LogP contribution < -0.4 is 5.32 Å². The highest BCUT2D eigenvalue weighted by Gasteiger charge is 2.36. The second kappa shape index (κ2) is 6.22. The molecule has 1 N–H and O–H groups in total. The van der Waals surface area contributed by atoms with Gasteiger partial charge >= 0.3 is 0 Å². The van der Waals surface area contributed by atoms with Crippen molar-refractivity contribution in [3.8, 4) is 0 Å². The Morgan fingerprint density at radius 3 is 2.58 bits per heavy atom. The molecule has 5 heteroatoms. The van der Waals surface area contributed by atoms with Gasteiger partial charge < -0.3 is 10.1 Å². The standard InChI is InChI=1S/C19H21NO3S/c21-24(22,19-7-8-19)18-5-3-17(4-6-18)20-12-14-1-2-15-9-10-23-13-16(15)11-14/h1-6,11,19-20H,7-10,12-13H2. The predicted molar refractivity (Wildman–Crippen MR) is 93.8 cm³/mol. The van der Waals surface area contributed by atoms with Crippen LogP contribution >= 0.6 is 0 Å². The van der Waals surface area contributed by atoms with Gasteiger partial charge in [-0.2, -0.15) is 0 Å². The fourth-order valence-corrected chi connectivity index (χ4v) is 4.73. The van der Waals surface area contributed by atoms with Gasteiger partial charge in [-0.25, -0.2) is 8.42 Å². The van der Waals surface area contributed by atoms with Crippen LogP contribution in [0.15, 0.2) is 47.4 Å². The molecule has 2 aromatic carbocycles. The van der Waals surface area contributed by atoms with Gasteiger partial charge in [0.05, 0.1) is 23.4 Å². The van der Waals surface area contributed by atoms with E-state index in [4.69, 9.17) is 4.74 Å². The average Bonchev–Trinajstić information content (AvgIpc) is 3.46. The fraction of sp³-hybridized carbons (Fsp3) is 0.368. The van der Waals surface area contributed by atoms with Gasteiger partial charge in [-0.05, 0) is 60.2 Å². The van der Waals surface area contributed by atoms with Crippen molar-refractivity contribution >= 4 is 15.5 Å². The van der Waals surface area contributed by atoms with Crippen LogP contribution in [0.1, 0.15) is 29.5 Å². The summed E-state index contributed by atoms with van der Waals surface area (Å²) in [5, 5.41) is 3.20. The van der Waals surface area contributed by atoms with Gasteiger partial charge in [-0.3, -0.25) is 0 Å². The van der Waals surface area contributed by atoms with E-state index in [1.807, 2.05) is 12.1 Å². The minimum Gasteiger partial charge on any atom is -0.381 e. The molecule has 4 rings (SSSR count). The number of rotatable bonds is 5. The zero-order chi connectivity index (χ0) is 16.6. The van der Waals surface area contributed by atoms with E-state index in [2.05, 4.69) is 23.5 Å². The van der Waals surface area contributed by atoms with E-state index in [1.165, 1.54) is 16.7 Å².